The van der Waals surface area contributed by atoms with Gasteiger partial charge >= 0.3 is 0 Å². The number of hydrogen-bond acceptors (Lipinski definition) is 6. The van der Waals surface area contributed by atoms with Crippen molar-refractivity contribution in [3.05, 3.63) is 5.89 Å². The van der Waals surface area contributed by atoms with Gasteiger partial charge in [-0.05, 0) is 26.1 Å². The molecule has 1 N–H and O–H groups in total. The molecule has 0 spiro atoms. The predicted molar refractivity (Wildman–Crippen MR) is 59.4 cm³/mol. The Hall–Kier alpha value is -1.14. The van der Waals surface area contributed by atoms with Crippen LogP contribution in [0.1, 0.15) is 19.7 Å². The molecule has 1 aliphatic rings. The summed E-state index contributed by atoms with van der Waals surface area (Å²) in [5.41, 5.74) is -0.294. The highest BCUT2D eigenvalue weighted by Crippen LogP contribution is 2.20. The highest BCUT2D eigenvalue weighted by Gasteiger charge is 2.27. The lowest BCUT2D eigenvalue weighted by molar-refractivity contribution is 0.121. The Morgan fingerprint density at radius 2 is 2.00 bits per heavy atom. The second-order valence-corrected chi connectivity index (χ2v) is 4.37. The van der Waals surface area contributed by atoms with Gasteiger partial charge in [-0.3, -0.25) is 0 Å². The monoisotopic (exact) mass is 226 g/mol. The summed E-state index contributed by atoms with van der Waals surface area (Å²) in [5.74, 6) is 1.26. The van der Waals surface area contributed by atoms with Crippen LogP contribution in [0.5, 0.6) is 0 Å². The van der Waals surface area contributed by atoms with Crippen LogP contribution in [0.2, 0.25) is 0 Å². The molecule has 0 amide bonds. The first kappa shape index (κ1) is 11.3. The van der Waals surface area contributed by atoms with Crippen LogP contribution in [0.25, 0.3) is 0 Å². The molecule has 0 aliphatic carbocycles. The quantitative estimate of drug-likeness (QED) is 0.803. The summed E-state index contributed by atoms with van der Waals surface area (Å²) < 4.78 is 10.5. The minimum Gasteiger partial charge on any atom is -0.378 e. The molecule has 1 aromatic rings. The van der Waals surface area contributed by atoms with Gasteiger partial charge in [0.15, 0.2) is 0 Å². The van der Waals surface area contributed by atoms with Crippen molar-refractivity contribution in [1.82, 2.24) is 15.5 Å². The first-order chi connectivity index (χ1) is 7.63. The maximum Gasteiger partial charge on any atom is 0.266 e. The van der Waals surface area contributed by atoms with Crippen molar-refractivity contribution in [1.29, 1.82) is 0 Å². The Morgan fingerprint density at radius 1 is 1.31 bits per heavy atom. The van der Waals surface area contributed by atoms with Gasteiger partial charge in [0.1, 0.15) is 0 Å². The summed E-state index contributed by atoms with van der Waals surface area (Å²) in [7, 11) is 1.87. The molecular formula is C10H18N4O2. The maximum absolute atomic E-state index is 5.28. The van der Waals surface area contributed by atoms with E-state index in [0.29, 0.717) is 11.8 Å². The number of nitrogens with one attached hydrogen (secondary N) is 1. The average molecular weight is 226 g/mol. The van der Waals surface area contributed by atoms with Crippen molar-refractivity contribution in [3.63, 3.8) is 0 Å². The first-order valence-electron chi connectivity index (χ1n) is 5.49. The van der Waals surface area contributed by atoms with E-state index in [1.807, 2.05) is 20.9 Å². The minimum absolute atomic E-state index is 0.294. The molecule has 0 unspecified atom stereocenters. The first-order valence-corrected chi connectivity index (χ1v) is 5.49. The summed E-state index contributed by atoms with van der Waals surface area (Å²) >= 11 is 0. The molecule has 0 bridgehead atoms. The van der Waals surface area contributed by atoms with Gasteiger partial charge in [0, 0.05) is 13.1 Å². The predicted octanol–water partition coefficient (Wildman–Crippen LogP) is 0.361. The fourth-order valence-corrected chi connectivity index (χ4v) is 1.47. The van der Waals surface area contributed by atoms with Crippen LogP contribution >= 0.6 is 0 Å². The van der Waals surface area contributed by atoms with Gasteiger partial charge in [0.05, 0.1) is 18.8 Å². The average Bonchev–Trinajstić information content (AvgIpc) is 2.80. The van der Waals surface area contributed by atoms with Gasteiger partial charge in [-0.1, -0.05) is 0 Å². The Balaban J connectivity index is 2.12. The zero-order valence-corrected chi connectivity index (χ0v) is 9.99. The van der Waals surface area contributed by atoms with Crippen LogP contribution in [0.3, 0.4) is 0 Å². The van der Waals surface area contributed by atoms with E-state index in [1.54, 1.807) is 0 Å². The SMILES string of the molecule is CNC(C)(C)c1nc(N2CCOCC2)no1. The minimum atomic E-state index is -0.294. The number of aromatic nitrogens is 2. The van der Waals surface area contributed by atoms with E-state index in [2.05, 4.69) is 20.4 Å². The Bertz CT molecular complexity index is 344. The van der Waals surface area contributed by atoms with E-state index in [1.165, 1.54) is 0 Å². The van der Waals surface area contributed by atoms with Gasteiger partial charge < -0.3 is 19.5 Å². The summed E-state index contributed by atoms with van der Waals surface area (Å²) in [5, 5.41) is 7.13. The summed E-state index contributed by atoms with van der Waals surface area (Å²) in [4.78, 5) is 6.48. The fourth-order valence-electron chi connectivity index (χ4n) is 1.47. The molecule has 0 atom stereocenters. The Kier molecular flexibility index (Phi) is 3.11. The molecule has 0 aromatic carbocycles. The van der Waals surface area contributed by atoms with E-state index in [0.717, 1.165) is 26.3 Å². The largest absolute Gasteiger partial charge is 0.378 e. The molecule has 6 nitrogen and oxygen atoms in total. The van der Waals surface area contributed by atoms with Crippen LogP contribution in [0.15, 0.2) is 4.52 Å². The van der Waals surface area contributed by atoms with Crippen molar-refractivity contribution < 1.29 is 9.26 Å². The lowest BCUT2D eigenvalue weighted by Crippen LogP contribution is -2.37. The molecule has 90 valence electrons. The van der Waals surface area contributed by atoms with Crippen LogP contribution in [0.4, 0.5) is 5.95 Å². The number of anilines is 1. The third-order valence-electron chi connectivity index (χ3n) is 2.87. The van der Waals surface area contributed by atoms with Crippen molar-refractivity contribution in [2.75, 3.05) is 38.3 Å². The standard InChI is InChI=1S/C10H18N4O2/c1-10(2,11-3)8-12-9(13-16-8)14-4-6-15-7-5-14/h11H,4-7H2,1-3H3. The second-order valence-electron chi connectivity index (χ2n) is 4.37. The molecule has 2 heterocycles. The second kappa shape index (κ2) is 4.39. The molecule has 1 aliphatic heterocycles. The van der Waals surface area contributed by atoms with Crippen LogP contribution < -0.4 is 10.2 Å². The molecule has 1 fully saturated rings. The molecule has 1 saturated heterocycles. The number of hydrogen-bond donors (Lipinski definition) is 1. The van der Waals surface area contributed by atoms with Gasteiger partial charge in [-0.15, -0.1) is 0 Å². The summed E-state index contributed by atoms with van der Waals surface area (Å²) in [6, 6.07) is 0. The molecule has 2 rings (SSSR count). The number of rotatable bonds is 3. The van der Waals surface area contributed by atoms with E-state index in [4.69, 9.17) is 9.26 Å². The maximum atomic E-state index is 5.28. The molecule has 0 saturated carbocycles. The summed E-state index contributed by atoms with van der Waals surface area (Å²) in [6.45, 7) is 7.09. The molecular weight excluding hydrogens is 208 g/mol. The van der Waals surface area contributed by atoms with Gasteiger partial charge in [-0.2, -0.15) is 4.98 Å². The zero-order chi connectivity index (χ0) is 11.6. The van der Waals surface area contributed by atoms with Crippen LogP contribution in [0, 0.1) is 0 Å². The molecule has 0 radical (unpaired) electrons. The van der Waals surface area contributed by atoms with Crippen LogP contribution in [-0.4, -0.2) is 43.5 Å². The lowest BCUT2D eigenvalue weighted by Gasteiger charge is -2.25. The van der Waals surface area contributed by atoms with E-state index in [9.17, 15) is 0 Å². The normalized spacial score (nSPS) is 17.8. The lowest BCUT2D eigenvalue weighted by atomic mass is 10.1. The van der Waals surface area contributed by atoms with Crippen molar-refractivity contribution in [2.45, 2.75) is 19.4 Å². The van der Waals surface area contributed by atoms with E-state index >= 15 is 0 Å². The third-order valence-corrected chi connectivity index (χ3v) is 2.87. The van der Waals surface area contributed by atoms with Gasteiger partial charge in [-0.25, -0.2) is 0 Å². The fraction of sp³-hybridized carbons (Fsp3) is 0.800. The Morgan fingerprint density at radius 3 is 2.62 bits per heavy atom. The summed E-state index contributed by atoms with van der Waals surface area (Å²) in [6.07, 6.45) is 0. The van der Waals surface area contributed by atoms with Gasteiger partial charge in [0.2, 0.25) is 5.89 Å². The topological polar surface area (TPSA) is 63.4 Å². The van der Waals surface area contributed by atoms with E-state index in [-0.39, 0.29) is 5.54 Å². The smallest absolute Gasteiger partial charge is 0.266 e. The Labute approximate surface area is 95.0 Å². The van der Waals surface area contributed by atoms with Crippen LogP contribution in [-0.2, 0) is 10.3 Å². The van der Waals surface area contributed by atoms with Gasteiger partial charge in [0.25, 0.3) is 5.95 Å². The molecule has 6 heteroatoms. The highest BCUT2D eigenvalue weighted by atomic mass is 16.5. The van der Waals surface area contributed by atoms with E-state index < -0.39 is 0 Å². The highest BCUT2D eigenvalue weighted by molar-refractivity contribution is 5.28. The third kappa shape index (κ3) is 2.17. The van der Waals surface area contributed by atoms with Crippen molar-refractivity contribution in [3.8, 4) is 0 Å². The van der Waals surface area contributed by atoms with Crippen molar-refractivity contribution in [2.24, 2.45) is 0 Å². The van der Waals surface area contributed by atoms with Crippen molar-refractivity contribution >= 4 is 5.95 Å². The molecule has 16 heavy (non-hydrogen) atoms. The molecule has 1 aromatic heterocycles. The zero-order valence-electron chi connectivity index (χ0n) is 9.99. The number of morpholine rings is 1. The number of ether oxygens (including phenoxy) is 1. The number of nitrogens with zero attached hydrogens (tertiary/aromatic N) is 3.